The van der Waals surface area contributed by atoms with Crippen LogP contribution in [0.3, 0.4) is 0 Å². The molecule has 0 fully saturated rings. The summed E-state index contributed by atoms with van der Waals surface area (Å²) < 4.78 is 5.18. The Bertz CT molecular complexity index is 469. The van der Waals surface area contributed by atoms with E-state index >= 15 is 0 Å². The van der Waals surface area contributed by atoms with Gasteiger partial charge >= 0.3 is 0 Å². The quantitative estimate of drug-likeness (QED) is 0.736. The summed E-state index contributed by atoms with van der Waals surface area (Å²) in [6, 6.07) is 11.1. The van der Waals surface area contributed by atoms with Crippen LogP contribution in [-0.2, 0) is 0 Å². The minimum atomic E-state index is 0.394. The summed E-state index contributed by atoms with van der Waals surface area (Å²) in [5.41, 5.74) is 1.06. The van der Waals surface area contributed by atoms with E-state index in [4.69, 9.17) is 27.6 Å². The van der Waals surface area contributed by atoms with Crippen LogP contribution in [0.2, 0.25) is 10.2 Å². The standard InChI is InChI=1S/C12H8Cl2O/c13-10-4-1-9(2-5-10)3-6-11-7-8-12(14)15-11/h1-8H/b6-3+. The summed E-state index contributed by atoms with van der Waals surface area (Å²) in [5.74, 6) is 0.731. The molecule has 0 aliphatic carbocycles. The van der Waals surface area contributed by atoms with Gasteiger partial charge in [-0.15, -0.1) is 0 Å². The van der Waals surface area contributed by atoms with Gasteiger partial charge in [0.25, 0.3) is 0 Å². The van der Waals surface area contributed by atoms with Gasteiger partial charge in [-0.05, 0) is 47.5 Å². The van der Waals surface area contributed by atoms with E-state index in [0.29, 0.717) is 5.22 Å². The van der Waals surface area contributed by atoms with E-state index < -0.39 is 0 Å². The first-order valence-corrected chi connectivity index (χ1v) is 5.18. The molecule has 0 atom stereocenters. The third kappa shape index (κ3) is 2.88. The van der Waals surface area contributed by atoms with Gasteiger partial charge in [-0.3, -0.25) is 0 Å². The van der Waals surface area contributed by atoms with Crippen molar-refractivity contribution < 1.29 is 4.42 Å². The number of rotatable bonds is 2. The van der Waals surface area contributed by atoms with Crippen LogP contribution in [0.25, 0.3) is 12.2 Å². The highest BCUT2D eigenvalue weighted by atomic mass is 35.5. The third-order valence-electron chi connectivity index (χ3n) is 1.90. The third-order valence-corrected chi connectivity index (χ3v) is 2.36. The summed E-state index contributed by atoms with van der Waals surface area (Å²) in [6.45, 7) is 0. The topological polar surface area (TPSA) is 13.1 Å². The van der Waals surface area contributed by atoms with Crippen LogP contribution < -0.4 is 0 Å². The lowest BCUT2D eigenvalue weighted by Crippen LogP contribution is -1.70. The Morgan fingerprint density at radius 1 is 0.867 bits per heavy atom. The number of furan rings is 1. The van der Waals surface area contributed by atoms with E-state index in [-0.39, 0.29) is 0 Å². The average molecular weight is 239 g/mol. The lowest BCUT2D eigenvalue weighted by atomic mass is 10.2. The Morgan fingerprint density at radius 2 is 1.60 bits per heavy atom. The molecule has 0 N–H and O–H groups in total. The molecule has 0 unspecified atom stereocenters. The molecule has 0 spiro atoms. The Morgan fingerprint density at radius 3 is 2.20 bits per heavy atom. The maximum atomic E-state index is 5.77. The van der Waals surface area contributed by atoms with Crippen molar-refractivity contribution in [2.75, 3.05) is 0 Å². The monoisotopic (exact) mass is 238 g/mol. The van der Waals surface area contributed by atoms with Crippen molar-refractivity contribution in [1.29, 1.82) is 0 Å². The lowest BCUT2D eigenvalue weighted by Gasteiger charge is -1.92. The molecule has 0 saturated heterocycles. The summed E-state index contributed by atoms with van der Waals surface area (Å²) >= 11 is 11.4. The molecule has 0 radical (unpaired) electrons. The van der Waals surface area contributed by atoms with Crippen LogP contribution in [-0.4, -0.2) is 0 Å². The van der Waals surface area contributed by atoms with Crippen molar-refractivity contribution in [2.45, 2.75) is 0 Å². The van der Waals surface area contributed by atoms with Gasteiger partial charge in [0.2, 0.25) is 0 Å². The SMILES string of the molecule is Clc1ccc(/C=C/c2ccc(Cl)o2)cc1. The van der Waals surface area contributed by atoms with E-state index in [1.165, 1.54) is 0 Å². The largest absolute Gasteiger partial charge is 0.445 e. The van der Waals surface area contributed by atoms with Crippen molar-refractivity contribution in [3.8, 4) is 0 Å². The molecule has 15 heavy (non-hydrogen) atoms. The molecule has 0 aliphatic rings. The van der Waals surface area contributed by atoms with Gasteiger partial charge in [-0.2, -0.15) is 0 Å². The molecular formula is C12H8Cl2O. The van der Waals surface area contributed by atoms with E-state index in [1.807, 2.05) is 42.5 Å². The zero-order chi connectivity index (χ0) is 10.7. The number of benzene rings is 1. The zero-order valence-corrected chi connectivity index (χ0v) is 9.29. The summed E-state index contributed by atoms with van der Waals surface area (Å²) in [5, 5.41) is 1.12. The molecule has 0 bridgehead atoms. The Kier molecular flexibility index (Phi) is 3.14. The minimum Gasteiger partial charge on any atom is -0.445 e. The average Bonchev–Trinajstić information content (AvgIpc) is 2.64. The molecule has 0 aliphatic heterocycles. The molecule has 3 heteroatoms. The van der Waals surface area contributed by atoms with Gasteiger partial charge in [-0.1, -0.05) is 29.8 Å². The number of hydrogen-bond donors (Lipinski definition) is 0. The van der Waals surface area contributed by atoms with Gasteiger partial charge < -0.3 is 4.42 Å². The Balaban J connectivity index is 2.14. The highest BCUT2D eigenvalue weighted by Crippen LogP contribution is 2.16. The molecule has 1 aromatic heterocycles. The zero-order valence-electron chi connectivity index (χ0n) is 7.78. The van der Waals surface area contributed by atoms with Crippen LogP contribution in [0, 0.1) is 0 Å². The van der Waals surface area contributed by atoms with Crippen molar-refractivity contribution in [3.63, 3.8) is 0 Å². The first-order valence-electron chi connectivity index (χ1n) is 4.43. The predicted octanol–water partition coefficient (Wildman–Crippen LogP) is 4.76. The first kappa shape index (κ1) is 10.3. The fourth-order valence-electron chi connectivity index (χ4n) is 1.17. The highest BCUT2D eigenvalue weighted by molar-refractivity contribution is 6.30. The van der Waals surface area contributed by atoms with Gasteiger partial charge in [0.1, 0.15) is 5.76 Å². The Hall–Kier alpha value is -1.18. The predicted molar refractivity (Wildman–Crippen MR) is 64.1 cm³/mol. The maximum absolute atomic E-state index is 5.77. The van der Waals surface area contributed by atoms with E-state index in [2.05, 4.69) is 0 Å². The second kappa shape index (κ2) is 4.56. The molecule has 1 aromatic carbocycles. The maximum Gasteiger partial charge on any atom is 0.193 e. The van der Waals surface area contributed by atoms with Crippen molar-refractivity contribution in [3.05, 3.63) is 58.0 Å². The van der Waals surface area contributed by atoms with Crippen LogP contribution in [0.5, 0.6) is 0 Å². The molecular weight excluding hydrogens is 231 g/mol. The van der Waals surface area contributed by atoms with E-state index in [0.717, 1.165) is 16.3 Å². The fraction of sp³-hybridized carbons (Fsp3) is 0. The second-order valence-electron chi connectivity index (χ2n) is 3.03. The summed E-state index contributed by atoms with van der Waals surface area (Å²) in [4.78, 5) is 0. The van der Waals surface area contributed by atoms with Crippen molar-refractivity contribution in [2.24, 2.45) is 0 Å². The minimum absolute atomic E-state index is 0.394. The summed E-state index contributed by atoms with van der Waals surface area (Å²) in [6.07, 6.45) is 3.79. The molecule has 0 amide bonds. The smallest absolute Gasteiger partial charge is 0.193 e. The molecule has 2 aromatic rings. The van der Waals surface area contributed by atoms with Crippen LogP contribution in [0.1, 0.15) is 11.3 Å². The van der Waals surface area contributed by atoms with E-state index in [1.54, 1.807) is 6.07 Å². The van der Waals surface area contributed by atoms with Crippen molar-refractivity contribution in [1.82, 2.24) is 0 Å². The normalized spacial score (nSPS) is 11.1. The molecule has 1 nitrogen and oxygen atoms in total. The van der Waals surface area contributed by atoms with Crippen LogP contribution in [0.15, 0.2) is 40.8 Å². The molecule has 1 heterocycles. The summed E-state index contributed by atoms with van der Waals surface area (Å²) in [7, 11) is 0. The number of hydrogen-bond acceptors (Lipinski definition) is 1. The molecule has 76 valence electrons. The van der Waals surface area contributed by atoms with Gasteiger partial charge in [0.05, 0.1) is 0 Å². The van der Waals surface area contributed by atoms with Gasteiger partial charge in [-0.25, -0.2) is 0 Å². The van der Waals surface area contributed by atoms with Gasteiger partial charge in [0, 0.05) is 5.02 Å². The molecule has 2 rings (SSSR count). The fourth-order valence-corrected chi connectivity index (χ4v) is 1.45. The Labute approximate surface area is 97.9 Å². The number of halogens is 2. The van der Waals surface area contributed by atoms with Gasteiger partial charge in [0.15, 0.2) is 5.22 Å². The highest BCUT2D eigenvalue weighted by Gasteiger charge is 1.94. The second-order valence-corrected chi connectivity index (χ2v) is 3.84. The van der Waals surface area contributed by atoms with E-state index in [9.17, 15) is 0 Å². The van der Waals surface area contributed by atoms with Crippen molar-refractivity contribution >= 4 is 35.4 Å². The first-order chi connectivity index (χ1) is 7.24. The van der Waals surface area contributed by atoms with Crippen LogP contribution >= 0.6 is 23.2 Å². The molecule has 0 saturated carbocycles. The van der Waals surface area contributed by atoms with Crippen LogP contribution in [0.4, 0.5) is 0 Å². The lowest BCUT2D eigenvalue weighted by molar-refractivity contribution is 0.559.